The Labute approximate surface area is 421 Å². The van der Waals surface area contributed by atoms with Gasteiger partial charge in [0.2, 0.25) is 0 Å². The van der Waals surface area contributed by atoms with Crippen molar-refractivity contribution in [3.05, 3.63) is 113 Å². The summed E-state index contributed by atoms with van der Waals surface area (Å²) >= 11 is 0. The van der Waals surface area contributed by atoms with Crippen molar-refractivity contribution in [2.24, 2.45) is 0 Å². The lowest BCUT2D eigenvalue weighted by Crippen LogP contribution is -2.40. The molecule has 0 atom stereocenters. The third kappa shape index (κ3) is 12.6. The van der Waals surface area contributed by atoms with Crippen LogP contribution < -0.4 is 29.3 Å². The molecular weight excluding hydrogens is 919 g/mol. The molecule has 8 rings (SSSR count). The third-order valence-electron chi connectivity index (χ3n) is 12.5. The Bertz CT molecular complexity index is 2740. The molecule has 1 N–H and O–H groups in total. The fourth-order valence-electron chi connectivity index (χ4n) is 8.85. The first-order valence-corrected chi connectivity index (χ1v) is 24.9. The van der Waals surface area contributed by atoms with Crippen LogP contribution in [0.15, 0.2) is 91.1 Å². The third-order valence-corrected chi connectivity index (χ3v) is 12.5. The second-order valence-electron chi connectivity index (χ2n) is 17.4. The largest absolute Gasteiger partial charge is 0.490 e. The van der Waals surface area contributed by atoms with E-state index in [0.29, 0.717) is 146 Å². The molecule has 0 bridgehead atoms. The summed E-state index contributed by atoms with van der Waals surface area (Å²) in [5.41, 5.74) is 7.85. The fourth-order valence-corrected chi connectivity index (χ4v) is 8.85. The van der Waals surface area contributed by atoms with Crippen molar-refractivity contribution in [3.63, 3.8) is 0 Å². The Kier molecular flexibility index (Phi) is 18.3. The maximum Gasteiger partial charge on any atom is 0.261 e. The van der Waals surface area contributed by atoms with Crippen LogP contribution in [-0.4, -0.2) is 157 Å². The van der Waals surface area contributed by atoms with E-state index in [4.69, 9.17) is 37.9 Å². The molecule has 3 heterocycles. The Hall–Kier alpha value is -6.76. The van der Waals surface area contributed by atoms with E-state index in [9.17, 15) is 9.59 Å². The minimum atomic E-state index is -0.304. The molecule has 0 radical (unpaired) electrons. The molecule has 2 aliphatic heterocycles. The van der Waals surface area contributed by atoms with Crippen LogP contribution in [0.4, 0.5) is 17.1 Å². The van der Waals surface area contributed by atoms with Crippen LogP contribution in [0.1, 0.15) is 45.7 Å². The molecule has 17 nitrogen and oxygen atoms in total. The Morgan fingerprint density at radius 3 is 2.19 bits per heavy atom. The molecule has 0 saturated heterocycles. The number of ether oxygens (including phenoxy) is 8. The number of imide groups is 1. The maximum absolute atomic E-state index is 13.4. The van der Waals surface area contributed by atoms with Gasteiger partial charge in [-0.2, -0.15) is 0 Å². The smallest absolute Gasteiger partial charge is 0.261 e. The summed E-state index contributed by atoms with van der Waals surface area (Å²) in [6.45, 7) is 16.6. The zero-order valence-corrected chi connectivity index (χ0v) is 42.2. The number of benzene rings is 5. The normalized spacial score (nSPS) is 15.3. The summed E-state index contributed by atoms with van der Waals surface area (Å²) in [7, 11) is 1.64. The van der Waals surface area contributed by atoms with Crippen molar-refractivity contribution >= 4 is 39.6 Å². The van der Waals surface area contributed by atoms with Crippen LogP contribution in [-0.2, 0) is 23.7 Å². The van der Waals surface area contributed by atoms with Gasteiger partial charge in [-0.05, 0) is 92.7 Å². The Morgan fingerprint density at radius 1 is 0.681 bits per heavy atom. The van der Waals surface area contributed by atoms with Crippen LogP contribution in [0.2, 0.25) is 0 Å². The first-order valence-electron chi connectivity index (χ1n) is 24.9. The SMILES string of the molecule is CCOCCOCCN1CCOCCOCCNc2ccc(C)cc2OCCN(c2ccc(-n3cc(-c4ccc5c6c(cccc46)C(=O)N(CC)C5=O)nn3)cc2OCCOC)CCOc2cc(C)ccc21. The number of anilines is 3. The molecule has 17 heteroatoms. The lowest BCUT2D eigenvalue weighted by Gasteiger charge is -2.29. The van der Waals surface area contributed by atoms with E-state index < -0.39 is 0 Å². The molecule has 0 fully saturated rings. The van der Waals surface area contributed by atoms with Gasteiger partial charge in [0.15, 0.2) is 0 Å². The van der Waals surface area contributed by atoms with Crippen molar-refractivity contribution in [2.75, 3.05) is 141 Å². The monoisotopic (exact) mass is 985 g/mol. The van der Waals surface area contributed by atoms with Gasteiger partial charge >= 0.3 is 0 Å². The summed E-state index contributed by atoms with van der Waals surface area (Å²) < 4.78 is 50.4. The molecule has 5 aromatic carbocycles. The number of aromatic nitrogens is 3. The van der Waals surface area contributed by atoms with E-state index in [2.05, 4.69) is 56.6 Å². The highest BCUT2D eigenvalue weighted by Gasteiger charge is 2.32. The fraction of sp³-hybridized carbons (Fsp3) is 0.418. The number of fused-ring (bicyclic) bond motifs is 2. The average Bonchev–Trinajstić information content (AvgIpc) is 3.88. The number of rotatable bonds is 15. The van der Waals surface area contributed by atoms with Crippen molar-refractivity contribution in [2.45, 2.75) is 27.7 Å². The van der Waals surface area contributed by atoms with Gasteiger partial charge in [0, 0.05) is 68.0 Å². The van der Waals surface area contributed by atoms with Crippen molar-refractivity contribution in [1.29, 1.82) is 0 Å². The number of nitrogens with zero attached hydrogens (tertiary/aromatic N) is 6. The first kappa shape index (κ1) is 51.6. The number of carbonyl (C=O) groups excluding carboxylic acids is 2. The molecule has 0 aliphatic carbocycles. The molecule has 0 spiro atoms. The highest BCUT2D eigenvalue weighted by molar-refractivity contribution is 6.26. The second kappa shape index (κ2) is 25.6. The second-order valence-corrected chi connectivity index (χ2v) is 17.4. The van der Waals surface area contributed by atoms with Crippen LogP contribution in [0.25, 0.3) is 27.7 Å². The minimum Gasteiger partial charge on any atom is -0.490 e. The minimum absolute atomic E-state index is 0.290. The summed E-state index contributed by atoms with van der Waals surface area (Å²) in [5, 5.41) is 14.0. The van der Waals surface area contributed by atoms with Crippen molar-refractivity contribution in [3.8, 4) is 34.2 Å². The van der Waals surface area contributed by atoms with Gasteiger partial charge in [-0.15, -0.1) is 5.10 Å². The average molecular weight is 986 g/mol. The van der Waals surface area contributed by atoms with Crippen LogP contribution in [0.5, 0.6) is 17.2 Å². The lowest BCUT2D eigenvalue weighted by molar-refractivity contribution is 0.0498. The van der Waals surface area contributed by atoms with E-state index in [1.165, 1.54) is 4.90 Å². The molecule has 6 aromatic rings. The van der Waals surface area contributed by atoms with Gasteiger partial charge in [0.25, 0.3) is 11.8 Å². The van der Waals surface area contributed by atoms with Gasteiger partial charge in [-0.25, -0.2) is 4.68 Å². The van der Waals surface area contributed by atoms with Crippen LogP contribution in [0, 0.1) is 13.8 Å². The van der Waals surface area contributed by atoms with E-state index >= 15 is 0 Å². The van der Waals surface area contributed by atoms with Gasteiger partial charge in [0.05, 0.1) is 94.9 Å². The molecule has 1 aromatic heterocycles. The summed E-state index contributed by atoms with van der Waals surface area (Å²) in [6.07, 6.45) is 1.84. The number of hydrogen-bond donors (Lipinski definition) is 1. The standard InChI is InChI=1S/C55H67N7O10/c1-6-61-54(63)44-10-8-9-43-42(14-15-45(53(43)44)55(61)64)47-38-62(58-57-47)41-13-18-49(52(37-41)72-34-29-65-5)60-22-27-70-50-35-39(3)11-16-46(50)56-19-24-67-32-33-69-26-21-59(20-25-68-31-30-66-7-2)48-17-12-40(4)36-51(48)71-28-23-60/h8-18,35-38,56H,6-7,19-34H2,1-5H3. The number of methoxy groups -OCH3 is 1. The zero-order chi connectivity index (χ0) is 50.2. The van der Waals surface area contributed by atoms with Gasteiger partial charge < -0.3 is 53.0 Å². The number of nitrogens with one attached hydrogen (secondary N) is 1. The molecule has 2 amide bonds. The van der Waals surface area contributed by atoms with Crippen molar-refractivity contribution in [1.82, 2.24) is 19.9 Å². The number of aryl methyl sites for hydroxylation is 2. The molecule has 0 unspecified atom stereocenters. The predicted octanol–water partition coefficient (Wildman–Crippen LogP) is 7.63. The van der Waals surface area contributed by atoms with E-state index in [0.717, 1.165) is 50.6 Å². The van der Waals surface area contributed by atoms with E-state index in [1.807, 2.05) is 68.6 Å². The number of carbonyl (C=O) groups is 2. The van der Waals surface area contributed by atoms with E-state index in [-0.39, 0.29) is 18.4 Å². The molecular formula is C55H67N7O10. The van der Waals surface area contributed by atoms with Gasteiger partial charge in [-0.3, -0.25) is 14.5 Å². The first-order chi connectivity index (χ1) is 35.3. The molecule has 0 saturated carbocycles. The topological polar surface area (TPSA) is 160 Å². The lowest BCUT2D eigenvalue weighted by atomic mass is 9.90. The van der Waals surface area contributed by atoms with Crippen LogP contribution >= 0.6 is 0 Å². The summed E-state index contributed by atoms with van der Waals surface area (Å²) in [5.74, 6) is 1.51. The maximum atomic E-state index is 13.4. The molecule has 2 aliphatic rings. The highest BCUT2D eigenvalue weighted by atomic mass is 16.5. The number of hydrogen-bond acceptors (Lipinski definition) is 15. The molecule has 382 valence electrons. The molecule has 72 heavy (non-hydrogen) atoms. The predicted molar refractivity (Wildman–Crippen MR) is 278 cm³/mol. The van der Waals surface area contributed by atoms with E-state index in [1.54, 1.807) is 30.8 Å². The highest BCUT2D eigenvalue weighted by Crippen LogP contribution is 2.37. The Balaban J connectivity index is 1.10. The number of amides is 2. The van der Waals surface area contributed by atoms with Crippen molar-refractivity contribution < 1.29 is 47.5 Å². The van der Waals surface area contributed by atoms with Gasteiger partial charge in [0.1, 0.15) is 42.8 Å². The van der Waals surface area contributed by atoms with Gasteiger partial charge in [-0.1, -0.05) is 35.5 Å². The zero-order valence-electron chi connectivity index (χ0n) is 42.2. The quantitative estimate of drug-likeness (QED) is 0.0790. The Morgan fingerprint density at radius 2 is 1.40 bits per heavy atom. The summed E-state index contributed by atoms with van der Waals surface area (Å²) in [6, 6.07) is 27.5. The van der Waals surface area contributed by atoms with Crippen LogP contribution in [0.3, 0.4) is 0 Å². The summed E-state index contributed by atoms with van der Waals surface area (Å²) in [4.78, 5) is 32.5.